The lowest BCUT2D eigenvalue weighted by molar-refractivity contribution is -0.385. The van der Waals surface area contributed by atoms with Crippen LogP contribution in [0.15, 0.2) is 47.1 Å². The minimum atomic E-state index is -0.484. The number of piperazine rings is 1. The number of benzene rings is 1. The van der Waals surface area contributed by atoms with E-state index in [1.807, 2.05) is 35.2 Å². The molecular weight excluding hydrogens is 404 g/mol. The van der Waals surface area contributed by atoms with Crippen LogP contribution in [0, 0.1) is 10.1 Å². The van der Waals surface area contributed by atoms with Crippen molar-refractivity contribution >= 4 is 33.5 Å². The van der Waals surface area contributed by atoms with Gasteiger partial charge in [-0.3, -0.25) is 10.1 Å². The fourth-order valence-electron chi connectivity index (χ4n) is 2.66. The molecule has 0 aliphatic carbocycles. The lowest BCUT2D eigenvalue weighted by Crippen LogP contribution is -2.49. The van der Waals surface area contributed by atoms with E-state index in [2.05, 4.69) is 20.9 Å². The van der Waals surface area contributed by atoms with E-state index in [4.69, 9.17) is 4.74 Å². The number of halogens is 1. The summed E-state index contributed by atoms with van der Waals surface area (Å²) in [5.74, 6) is 0.632. The molecule has 2 heterocycles. The van der Waals surface area contributed by atoms with Gasteiger partial charge < -0.3 is 14.5 Å². The molecule has 8 nitrogen and oxygen atoms in total. The number of hydrogen-bond acceptors (Lipinski definition) is 6. The highest BCUT2D eigenvalue weighted by molar-refractivity contribution is 9.10. The van der Waals surface area contributed by atoms with E-state index < -0.39 is 4.92 Å². The predicted octanol–water partition coefficient (Wildman–Crippen LogP) is 3.21. The number of hydrogen-bond donors (Lipinski definition) is 0. The highest BCUT2D eigenvalue weighted by Crippen LogP contribution is 2.28. The van der Waals surface area contributed by atoms with Crippen LogP contribution in [0.5, 0.6) is 0 Å². The summed E-state index contributed by atoms with van der Waals surface area (Å²) < 4.78 is 5.90. The zero-order valence-corrected chi connectivity index (χ0v) is 15.5. The molecule has 0 spiro atoms. The Bertz CT molecular complexity index is 795. The van der Waals surface area contributed by atoms with Gasteiger partial charge in [0, 0.05) is 32.2 Å². The fraction of sp³-hybridized carbons (Fsp3) is 0.294. The quantitative estimate of drug-likeness (QED) is 0.557. The molecule has 0 atom stereocenters. The molecule has 136 valence electrons. The smallest absolute Gasteiger partial charge is 0.410 e. The Kier molecular flexibility index (Phi) is 5.67. The van der Waals surface area contributed by atoms with Crippen LogP contribution in [0.1, 0.15) is 5.56 Å². The van der Waals surface area contributed by atoms with Gasteiger partial charge in [-0.05, 0) is 21.5 Å². The molecule has 1 fully saturated rings. The van der Waals surface area contributed by atoms with Crippen LogP contribution in [-0.4, -0.2) is 47.1 Å². The van der Waals surface area contributed by atoms with Crippen LogP contribution >= 0.6 is 15.9 Å². The number of rotatable bonds is 4. The predicted molar refractivity (Wildman–Crippen MR) is 99.0 cm³/mol. The Morgan fingerprint density at radius 1 is 1.23 bits per heavy atom. The summed E-state index contributed by atoms with van der Waals surface area (Å²) in [4.78, 5) is 30.3. The standard InChI is InChI=1S/C17H17BrN4O4/c18-15-10-14(22(24)25)11-19-16(15)20-6-8-21(9-7-20)17(23)26-12-13-4-2-1-3-5-13/h1-5,10-11H,6-9,12H2. The minimum Gasteiger partial charge on any atom is -0.445 e. The third-order valence-electron chi connectivity index (χ3n) is 4.06. The van der Waals surface area contributed by atoms with Gasteiger partial charge >= 0.3 is 6.09 Å². The Hall–Kier alpha value is -2.68. The number of anilines is 1. The maximum atomic E-state index is 12.2. The van der Waals surface area contributed by atoms with E-state index in [0.717, 1.165) is 5.56 Å². The van der Waals surface area contributed by atoms with Gasteiger partial charge in [0.2, 0.25) is 0 Å². The van der Waals surface area contributed by atoms with Crippen LogP contribution < -0.4 is 4.90 Å². The SMILES string of the molecule is O=C(OCc1ccccc1)N1CCN(c2ncc([N+](=O)[O-])cc2Br)CC1. The molecule has 1 aliphatic rings. The molecule has 1 amide bonds. The van der Waals surface area contributed by atoms with E-state index in [1.165, 1.54) is 12.3 Å². The number of ether oxygens (including phenoxy) is 1. The number of nitrogens with zero attached hydrogens (tertiary/aromatic N) is 4. The highest BCUT2D eigenvalue weighted by atomic mass is 79.9. The average Bonchev–Trinajstić information content (AvgIpc) is 2.67. The number of carbonyl (C=O) groups is 1. The van der Waals surface area contributed by atoms with Gasteiger partial charge in [-0.1, -0.05) is 30.3 Å². The molecule has 1 aromatic heterocycles. The minimum absolute atomic E-state index is 0.0660. The first-order valence-electron chi connectivity index (χ1n) is 8.05. The van der Waals surface area contributed by atoms with E-state index in [0.29, 0.717) is 36.5 Å². The second-order valence-corrected chi connectivity index (χ2v) is 6.62. The van der Waals surface area contributed by atoms with Crippen molar-refractivity contribution in [2.24, 2.45) is 0 Å². The molecule has 0 radical (unpaired) electrons. The van der Waals surface area contributed by atoms with Gasteiger partial charge in [-0.2, -0.15) is 0 Å². The van der Waals surface area contributed by atoms with Crippen molar-refractivity contribution in [1.82, 2.24) is 9.88 Å². The van der Waals surface area contributed by atoms with Crippen molar-refractivity contribution in [3.05, 3.63) is 62.7 Å². The zero-order valence-electron chi connectivity index (χ0n) is 13.9. The van der Waals surface area contributed by atoms with Gasteiger partial charge in [0.05, 0.1) is 9.40 Å². The third kappa shape index (κ3) is 4.29. The van der Waals surface area contributed by atoms with Crippen molar-refractivity contribution < 1.29 is 14.5 Å². The highest BCUT2D eigenvalue weighted by Gasteiger charge is 2.24. The Morgan fingerprint density at radius 2 is 1.92 bits per heavy atom. The summed E-state index contributed by atoms with van der Waals surface area (Å²) in [6.07, 6.45) is 0.893. The summed E-state index contributed by atoms with van der Waals surface area (Å²) >= 11 is 3.33. The van der Waals surface area contributed by atoms with Gasteiger partial charge in [0.1, 0.15) is 18.6 Å². The molecule has 1 saturated heterocycles. The van der Waals surface area contributed by atoms with Crippen molar-refractivity contribution in [3.63, 3.8) is 0 Å². The lowest BCUT2D eigenvalue weighted by Gasteiger charge is -2.35. The molecule has 0 saturated carbocycles. The summed E-state index contributed by atoms with van der Waals surface area (Å²) in [5, 5.41) is 10.8. The maximum Gasteiger partial charge on any atom is 0.410 e. The van der Waals surface area contributed by atoms with Gasteiger partial charge in [-0.25, -0.2) is 9.78 Å². The molecular formula is C17H17BrN4O4. The van der Waals surface area contributed by atoms with Crippen LogP contribution in [0.2, 0.25) is 0 Å². The molecule has 1 aromatic carbocycles. The molecule has 1 aliphatic heterocycles. The lowest BCUT2D eigenvalue weighted by atomic mass is 10.2. The van der Waals surface area contributed by atoms with Crippen molar-refractivity contribution in [1.29, 1.82) is 0 Å². The molecule has 0 bridgehead atoms. The first-order chi connectivity index (χ1) is 12.5. The van der Waals surface area contributed by atoms with Crippen LogP contribution in [0.4, 0.5) is 16.3 Å². The van der Waals surface area contributed by atoms with Crippen LogP contribution in [0.3, 0.4) is 0 Å². The van der Waals surface area contributed by atoms with Crippen molar-refractivity contribution in [2.75, 3.05) is 31.1 Å². The first kappa shape index (κ1) is 18.1. The van der Waals surface area contributed by atoms with Gasteiger partial charge in [0.25, 0.3) is 5.69 Å². The Balaban J connectivity index is 1.54. The summed E-state index contributed by atoms with van der Waals surface area (Å²) in [6.45, 7) is 2.39. The molecule has 2 aromatic rings. The number of aromatic nitrogens is 1. The monoisotopic (exact) mass is 420 g/mol. The average molecular weight is 421 g/mol. The maximum absolute atomic E-state index is 12.2. The zero-order chi connectivity index (χ0) is 18.5. The largest absolute Gasteiger partial charge is 0.445 e. The van der Waals surface area contributed by atoms with Crippen molar-refractivity contribution in [2.45, 2.75) is 6.61 Å². The number of pyridine rings is 1. The Morgan fingerprint density at radius 3 is 2.54 bits per heavy atom. The molecule has 9 heteroatoms. The molecule has 3 rings (SSSR count). The third-order valence-corrected chi connectivity index (χ3v) is 4.64. The number of carbonyl (C=O) groups excluding carboxylic acids is 1. The summed E-state index contributed by atoms with van der Waals surface area (Å²) in [7, 11) is 0. The van der Waals surface area contributed by atoms with E-state index >= 15 is 0 Å². The summed E-state index contributed by atoms with van der Waals surface area (Å²) in [5.41, 5.74) is 0.877. The topological polar surface area (TPSA) is 88.8 Å². The van der Waals surface area contributed by atoms with Crippen molar-refractivity contribution in [3.8, 4) is 0 Å². The summed E-state index contributed by atoms with van der Waals surface area (Å²) in [6, 6.07) is 11.0. The second-order valence-electron chi connectivity index (χ2n) is 5.77. The second kappa shape index (κ2) is 8.13. The van der Waals surface area contributed by atoms with E-state index in [-0.39, 0.29) is 18.4 Å². The van der Waals surface area contributed by atoms with Gasteiger partial charge in [-0.15, -0.1) is 0 Å². The first-order valence-corrected chi connectivity index (χ1v) is 8.84. The van der Waals surface area contributed by atoms with Gasteiger partial charge in [0.15, 0.2) is 0 Å². The van der Waals surface area contributed by atoms with E-state index in [9.17, 15) is 14.9 Å². The fourth-order valence-corrected chi connectivity index (χ4v) is 3.25. The van der Waals surface area contributed by atoms with E-state index in [1.54, 1.807) is 4.90 Å². The van der Waals surface area contributed by atoms with Crippen LogP contribution in [0.25, 0.3) is 0 Å². The number of amides is 1. The van der Waals surface area contributed by atoms with Crippen LogP contribution in [-0.2, 0) is 11.3 Å². The normalized spacial score (nSPS) is 14.2. The Labute approximate surface area is 158 Å². The molecule has 0 N–H and O–H groups in total. The number of nitro groups is 1. The molecule has 26 heavy (non-hydrogen) atoms. The molecule has 0 unspecified atom stereocenters.